The summed E-state index contributed by atoms with van der Waals surface area (Å²) in [7, 11) is 0. The van der Waals surface area contributed by atoms with Crippen LogP contribution in [0.15, 0.2) is 46.9 Å². The minimum absolute atomic E-state index is 0.310. The minimum atomic E-state index is 0.310. The molecule has 2 aromatic rings. The van der Waals surface area contributed by atoms with Gasteiger partial charge in [-0.15, -0.1) is 0 Å². The summed E-state index contributed by atoms with van der Waals surface area (Å²) in [6, 6.07) is 14.8. The molecule has 0 amide bonds. The van der Waals surface area contributed by atoms with E-state index in [2.05, 4.69) is 51.4 Å². The Morgan fingerprint density at radius 3 is 2.72 bits per heavy atom. The number of rotatable bonds is 4. The number of hydrogen-bond donors (Lipinski definition) is 1. The third-order valence-corrected chi connectivity index (χ3v) is 3.38. The number of benzene rings is 1. The van der Waals surface area contributed by atoms with Crippen molar-refractivity contribution >= 4 is 15.9 Å². The van der Waals surface area contributed by atoms with E-state index in [0.29, 0.717) is 6.04 Å². The normalized spacial score (nSPS) is 12.4. The monoisotopic (exact) mass is 304 g/mol. The number of aryl methyl sites for hydroxylation is 1. The number of halogens is 1. The van der Waals surface area contributed by atoms with E-state index in [9.17, 15) is 0 Å². The van der Waals surface area contributed by atoms with Gasteiger partial charge in [-0.05, 0) is 43.7 Å². The Morgan fingerprint density at radius 2 is 2.00 bits per heavy atom. The Labute approximate surface area is 117 Å². The molecule has 0 spiro atoms. The second-order valence-electron chi connectivity index (χ2n) is 4.43. The summed E-state index contributed by atoms with van der Waals surface area (Å²) < 4.78 is 1.11. The fraction of sp³-hybridized carbons (Fsp3) is 0.267. The van der Waals surface area contributed by atoms with Gasteiger partial charge in [0.1, 0.15) is 0 Å². The van der Waals surface area contributed by atoms with Gasteiger partial charge >= 0.3 is 0 Å². The molecule has 0 saturated heterocycles. The van der Waals surface area contributed by atoms with Gasteiger partial charge in [-0.3, -0.25) is 4.98 Å². The van der Waals surface area contributed by atoms with E-state index in [1.165, 1.54) is 5.56 Å². The maximum absolute atomic E-state index is 4.48. The van der Waals surface area contributed by atoms with E-state index in [0.717, 1.165) is 22.4 Å². The highest BCUT2D eigenvalue weighted by atomic mass is 79.9. The summed E-state index contributed by atoms with van der Waals surface area (Å²) in [4.78, 5) is 4.48. The summed E-state index contributed by atoms with van der Waals surface area (Å²) in [5.74, 6) is 0. The molecule has 2 rings (SSSR count). The van der Waals surface area contributed by atoms with Gasteiger partial charge in [-0.2, -0.15) is 0 Å². The topological polar surface area (TPSA) is 24.9 Å². The largest absolute Gasteiger partial charge is 0.305 e. The standard InChI is InChI=1S/C15H17BrN2/c1-11-5-3-8-15(18-11)10-17-12(2)13-6-4-7-14(16)9-13/h3-9,12,17H,10H2,1-2H3. The fourth-order valence-electron chi connectivity index (χ4n) is 1.85. The quantitative estimate of drug-likeness (QED) is 0.923. The summed E-state index contributed by atoms with van der Waals surface area (Å²) in [6.07, 6.45) is 0. The highest BCUT2D eigenvalue weighted by Crippen LogP contribution is 2.18. The van der Waals surface area contributed by atoms with Crippen molar-refractivity contribution in [3.05, 3.63) is 63.9 Å². The van der Waals surface area contributed by atoms with Crippen LogP contribution in [0.4, 0.5) is 0 Å². The summed E-state index contributed by atoms with van der Waals surface area (Å²) >= 11 is 3.50. The van der Waals surface area contributed by atoms with E-state index in [-0.39, 0.29) is 0 Å². The minimum Gasteiger partial charge on any atom is -0.305 e. The van der Waals surface area contributed by atoms with Crippen LogP contribution in [0, 0.1) is 6.92 Å². The second-order valence-corrected chi connectivity index (χ2v) is 5.34. The third kappa shape index (κ3) is 3.65. The molecule has 0 aliphatic carbocycles. The zero-order valence-electron chi connectivity index (χ0n) is 10.7. The van der Waals surface area contributed by atoms with Gasteiger partial charge in [-0.1, -0.05) is 34.1 Å². The molecule has 18 heavy (non-hydrogen) atoms. The number of aromatic nitrogens is 1. The molecule has 94 valence electrons. The van der Waals surface area contributed by atoms with Gasteiger partial charge in [0.25, 0.3) is 0 Å². The van der Waals surface area contributed by atoms with Crippen molar-refractivity contribution in [2.45, 2.75) is 26.4 Å². The molecule has 2 nitrogen and oxygen atoms in total. The molecule has 1 aromatic carbocycles. The van der Waals surface area contributed by atoms with Crippen LogP contribution in [-0.2, 0) is 6.54 Å². The summed E-state index contributed by atoms with van der Waals surface area (Å²) in [6.45, 7) is 4.97. The summed E-state index contributed by atoms with van der Waals surface area (Å²) in [5.41, 5.74) is 3.42. The predicted molar refractivity (Wildman–Crippen MR) is 78.4 cm³/mol. The average Bonchev–Trinajstić information content (AvgIpc) is 2.36. The Kier molecular flexibility index (Phi) is 4.50. The van der Waals surface area contributed by atoms with E-state index in [1.54, 1.807) is 0 Å². The lowest BCUT2D eigenvalue weighted by Crippen LogP contribution is -2.18. The van der Waals surface area contributed by atoms with Crippen LogP contribution in [0.2, 0.25) is 0 Å². The molecule has 1 N–H and O–H groups in total. The number of nitrogens with zero attached hydrogens (tertiary/aromatic N) is 1. The van der Waals surface area contributed by atoms with Gasteiger partial charge in [0, 0.05) is 22.8 Å². The molecule has 1 unspecified atom stereocenters. The Balaban J connectivity index is 1.98. The van der Waals surface area contributed by atoms with Crippen molar-refractivity contribution in [3.63, 3.8) is 0 Å². The first-order valence-electron chi connectivity index (χ1n) is 6.06. The van der Waals surface area contributed by atoms with Crippen LogP contribution in [0.1, 0.15) is 29.9 Å². The smallest absolute Gasteiger partial charge is 0.0545 e. The number of pyridine rings is 1. The maximum atomic E-state index is 4.48. The van der Waals surface area contributed by atoms with E-state index in [4.69, 9.17) is 0 Å². The van der Waals surface area contributed by atoms with Crippen molar-refractivity contribution in [3.8, 4) is 0 Å². The second kappa shape index (κ2) is 6.12. The number of nitrogens with one attached hydrogen (secondary N) is 1. The zero-order chi connectivity index (χ0) is 13.0. The van der Waals surface area contributed by atoms with Gasteiger partial charge in [0.15, 0.2) is 0 Å². The molecule has 1 aromatic heterocycles. The van der Waals surface area contributed by atoms with Crippen molar-refractivity contribution < 1.29 is 0 Å². The first-order chi connectivity index (χ1) is 8.65. The lowest BCUT2D eigenvalue weighted by atomic mass is 10.1. The van der Waals surface area contributed by atoms with Crippen LogP contribution >= 0.6 is 15.9 Å². The van der Waals surface area contributed by atoms with Crippen molar-refractivity contribution in [2.24, 2.45) is 0 Å². The maximum Gasteiger partial charge on any atom is 0.0545 e. The van der Waals surface area contributed by atoms with Crippen molar-refractivity contribution in [2.75, 3.05) is 0 Å². The van der Waals surface area contributed by atoms with Crippen molar-refractivity contribution in [1.29, 1.82) is 0 Å². The lowest BCUT2D eigenvalue weighted by molar-refractivity contribution is 0.567. The van der Waals surface area contributed by atoms with Crippen LogP contribution in [0.3, 0.4) is 0 Å². The average molecular weight is 305 g/mol. The van der Waals surface area contributed by atoms with E-state index < -0.39 is 0 Å². The summed E-state index contributed by atoms with van der Waals surface area (Å²) in [5, 5.41) is 3.49. The molecular formula is C15H17BrN2. The number of hydrogen-bond acceptors (Lipinski definition) is 2. The third-order valence-electron chi connectivity index (χ3n) is 2.88. The molecule has 3 heteroatoms. The molecule has 0 aliphatic rings. The Hall–Kier alpha value is -1.19. The molecule has 0 radical (unpaired) electrons. The molecule has 1 atom stereocenters. The molecule has 0 aliphatic heterocycles. The van der Waals surface area contributed by atoms with Crippen LogP contribution in [-0.4, -0.2) is 4.98 Å². The van der Waals surface area contributed by atoms with Crippen LogP contribution < -0.4 is 5.32 Å². The Bertz CT molecular complexity index is 525. The molecular weight excluding hydrogens is 288 g/mol. The lowest BCUT2D eigenvalue weighted by Gasteiger charge is -2.14. The van der Waals surface area contributed by atoms with Gasteiger partial charge in [0.05, 0.1) is 5.69 Å². The SMILES string of the molecule is Cc1cccc(CNC(C)c2cccc(Br)c2)n1. The fourth-order valence-corrected chi connectivity index (χ4v) is 2.27. The first kappa shape index (κ1) is 13.2. The highest BCUT2D eigenvalue weighted by molar-refractivity contribution is 9.10. The Morgan fingerprint density at radius 1 is 1.22 bits per heavy atom. The molecule has 0 saturated carbocycles. The molecule has 0 bridgehead atoms. The predicted octanol–water partition coefficient (Wildman–Crippen LogP) is 4.00. The van der Waals surface area contributed by atoms with Crippen LogP contribution in [0.25, 0.3) is 0 Å². The highest BCUT2D eigenvalue weighted by Gasteiger charge is 2.05. The van der Waals surface area contributed by atoms with Gasteiger partial charge < -0.3 is 5.32 Å². The van der Waals surface area contributed by atoms with E-state index >= 15 is 0 Å². The molecule has 0 fully saturated rings. The van der Waals surface area contributed by atoms with E-state index in [1.807, 2.05) is 31.2 Å². The zero-order valence-corrected chi connectivity index (χ0v) is 12.2. The van der Waals surface area contributed by atoms with Crippen molar-refractivity contribution in [1.82, 2.24) is 10.3 Å². The van der Waals surface area contributed by atoms with Crippen LogP contribution in [0.5, 0.6) is 0 Å². The first-order valence-corrected chi connectivity index (χ1v) is 6.86. The molecule has 1 heterocycles. The van der Waals surface area contributed by atoms with Gasteiger partial charge in [-0.25, -0.2) is 0 Å². The van der Waals surface area contributed by atoms with Gasteiger partial charge in [0.2, 0.25) is 0 Å².